The monoisotopic (exact) mass is 267 g/mol. The van der Waals surface area contributed by atoms with E-state index in [4.69, 9.17) is 5.73 Å². The summed E-state index contributed by atoms with van der Waals surface area (Å²) in [6, 6.07) is 8.22. The van der Waals surface area contributed by atoms with E-state index >= 15 is 0 Å². The zero-order valence-corrected chi connectivity index (χ0v) is 9.91. The van der Waals surface area contributed by atoms with Crippen LogP contribution in [-0.2, 0) is 12.7 Å². The van der Waals surface area contributed by atoms with Gasteiger partial charge in [-0.25, -0.2) is 0 Å². The maximum atomic E-state index is 12.4. The quantitative estimate of drug-likeness (QED) is 0.897. The highest BCUT2D eigenvalue weighted by molar-refractivity contribution is 5.46. The number of hydrogen-bond donors (Lipinski definition) is 2. The highest BCUT2D eigenvalue weighted by atomic mass is 19.4. The highest BCUT2D eigenvalue weighted by Crippen LogP contribution is 2.29. The Morgan fingerprint density at radius 1 is 1.11 bits per heavy atom. The summed E-state index contributed by atoms with van der Waals surface area (Å²) in [5.74, 6) is 0. The summed E-state index contributed by atoms with van der Waals surface area (Å²) < 4.78 is 37.1. The van der Waals surface area contributed by atoms with E-state index in [1.54, 1.807) is 18.3 Å². The summed E-state index contributed by atoms with van der Waals surface area (Å²) in [7, 11) is 0. The molecular formula is C13H12F3N3. The number of halogens is 3. The smallest absolute Gasteiger partial charge is 0.399 e. The molecule has 3 N–H and O–H groups in total. The second kappa shape index (κ2) is 5.17. The number of nitrogen functional groups attached to an aromatic ring is 1. The first-order chi connectivity index (χ1) is 8.95. The number of hydrogen-bond acceptors (Lipinski definition) is 3. The molecule has 19 heavy (non-hydrogen) atoms. The molecule has 100 valence electrons. The van der Waals surface area contributed by atoms with Gasteiger partial charge in [-0.1, -0.05) is 0 Å². The van der Waals surface area contributed by atoms with Crippen molar-refractivity contribution in [2.45, 2.75) is 12.7 Å². The molecular weight excluding hydrogens is 255 g/mol. The van der Waals surface area contributed by atoms with Gasteiger partial charge in [-0.2, -0.15) is 13.2 Å². The van der Waals surface area contributed by atoms with Crippen molar-refractivity contribution in [1.82, 2.24) is 4.98 Å². The molecule has 0 atom stereocenters. The molecule has 6 heteroatoms. The third kappa shape index (κ3) is 3.61. The van der Waals surface area contributed by atoms with Crippen molar-refractivity contribution in [3.05, 3.63) is 53.9 Å². The van der Waals surface area contributed by atoms with Crippen molar-refractivity contribution >= 4 is 11.4 Å². The summed E-state index contributed by atoms with van der Waals surface area (Å²) >= 11 is 0. The van der Waals surface area contributed by atoms with E-state index in [-0.39, 0.29) is 0 Å². The van der Waals surface area contributed by atoms with Gasteiger partial charge in [0.15, 0.2) is 0 Å². The van der Waals surface area contributed by atoms with Gasteiger partial charge in [-0.15, -0.1) is 0 Å². The van der Waals surface area contributed by atoms with Gasteiger partial charge < -0.3 is 11.1 Å². The molecule has 1 heterocycles. The molecule has 1 aromatic heterocycles. The largest absolute Gasteiger partial charge is 0.416 e. The maximum Gasteiger partial charge on any atom is 0.416 e. The number of rotatable bonds is 3. The SMILES string of the molecule is Nc1ccnc(CNc2ccc(C(F)(F)F)cc2)c1. The van der Waals surface area contributed by atoms with Crippen LogP contribution in [0.15, 0.2) is 42.6 Å². The fraction of sp³-hybridized carbons (Fsp3) is 0.154. The van der Waals surface area contributed by atoms with Crippen molar-refractivity contribution in [1.29, 1.82) is 0 Å². The second-order valence-corrected chi connectivity index (χ2v) is 4.01. The highest BCUT2D eigenvalue weighted by Gasteiger charge is 2.29. The first-order valence-corrected chi connectivity index (χ1v) is 5.57. The normalized spacial score (nSPS) is 11.3. The van der Waals surface area contributed by atoms with E-state index in [0.717, 1.165) is 17.8 Å². The standard InChI is InChI=1S/C13H12F3N3/c14-13(15,16)9-1-3-11(4-2-9)19-8-12-7-10(17)5-6-18-12/h1-7,19H,8H2,(H2,17,18). The molecule has 0 fully saturated rings. The lowest BCUT2D eigenvalue weighted by Crippen LogP contribution is -2.06. The van der Waals surface area contributed by atoms with Crippen LogP contribution >= 0.6 is 0 Å². The predicted octanol–water partition coefficient (Wildman–Crippen LogP) is 3.29. The van der Waals surface area contributed by atoms with E-state index in [2.05, 4.69) is 10.3 Å². The molecule has 0 radical (unpaired) electrons. The summed E-state index contributed by atoms with van der Waals surface area (Å²) in [4.78, 5) is 4.09. The van der Waals surface area contributed by atoms with Crippen molar-refractivity contribution in [3.63, 3.8) is 0 Å². The molecule has 2 rings (SSSR count). The Morgan fingerprint density at radius 3 is 2.37 bits per heavy atom. The zero-order chi connectivity index (χ0) is 13.9. The van der Waals surface area contributed by atoms with Crippen LogP contribution in [-0.4, -0.2) is 4.98 Å². The van der Waals surface area contributed by atoms with Crippen LogP contribution in [0.2, 0.25) is 0 Å². The van der Waals surface area contributed by atoms with E-state index in [0.29, 0.717) is 17.9 Å². The van der Waals surface area contributed by atoms with Gasteiger partial charge >= 0.3 is 6.18 Å². The molecule has 0 bridgehead atoms. The van der Waals surface area contributed by atoms with Gasteiger partial charge in [-0.3, -0.25) is 4.98 Å². The van der Waals surface area contributed by atoms with E-state index < -0.39 is 11.7 Å². The first-order valence-electron chi connectivity index (χ1n) is 5.57. The van der Waals surface area contributed by atoms with Gasteiger partial charge in [-0.05, 0) is 36.4 Å². The Bertz CT molecular complexity index is 550. The Balaban J connectivity index is 2.01. The van der Waals surface area contributed by atoms with Crippen LogP contribution in [0, 0.1) is 0 Å². The minimum Gasteiger partial charge on any atom is -0.399 e. The minimum atomic E-state index is -4.31. The average molecular weight is 267 g/mol. The summed E-state index contributed by atoms with van der Waals surface area (Å²) in [5.41, 5.74) is 6.85. The Kier molecular flexibility index (Phi) is 3.59. The lowest BCUT2D eigenvalue weighted by Gasteiger charge is -2.09. The molecule has 0 saturated heterocycles. The van der Waals surface area contributed by atoms with Crippen molar-refractivity contribution in [3.8, 4) is 0 Å². The Labute approximate surface area is 108 Å². The molecule has 0 aliphatic carbocycles. The molecule has 3 nitrogen and oxygen atoms in total. The molecule has 0 unspecified atom stereocenters. The van der Waals surface area contributed by atoms with Crippen LogP contribution in [0.25, 0.3) is 0 Å². The van der Waals surface area contributed by atoms with Gasteiger partial charge in [0.25, 0.3) is 0 Å². The number of alkyl halides is 3. The average Bonchev–Trinajstić information content (AvgIpc) is 2.36. The van der Waals surface area contributed by atoms with Gasteiger partial charge in [0.05, 0.1) is 17.8 Å². The molecule has 0 amide bonds. The van der Waals surface area contributed by atoms with Gasteiger partial charge in [0.2, 0.25) is 0 Å². The van der Waals surface area contributed by atoms with E-state index in [9.17, 15) is 13.2 Å². The van der Waals surface area contributed by atoms with Gasteiger partial charge in [0.1, 0.15) is 0 Å². The fourth-order valence-corrected chi connectivity index (χ4v) is 1.56. The number of aromatic nitrogens is 1. The van der Waals surface area contributed by atoms with Crippen LogP contribution in [0.4, 0.5) is 24.5 Å². The topological polar surface area (TPSA) is 50.9 Å². The van der Waals surface area contributed by atoms with Crippen molar-refractivity contribution < 1.29 is 13.2 Å². The summed E-state index contributed by atoms with van der Waals surface area (Å²) in [6.07, 6.45) is -2.73. The van der Waals surface area contributed by atoms with Crippen LogP contribution < -0.4 is 11.1 Å². The molecule has 0 aliphatic rings. The fourth-order valence-electron chi connectivity index (χ4n) is 1.56. The van der Waals surface area contributed by atoms with E-state index in [1.807, 2.05) is 0 Å². The summed E-state index contributed by atoms with van der Waals surface area (Å²) in [6.45, 7) is 0.399. The first kappa shape index (κ1) is 13.2. The predicted molar refractivity (Wildman–Crippen MR) is 67.4 cm³/mol. The third-order valence-electron chi connectivity index (χ3n) is 2.53. The molecule has 0 aliphatic heterocycles. The van der Waals surface area contributed by atoms with E-state index in [1.165, 1.54) is 12.1 Å². The number of nitrogens with two attached hydrogens (primary N) is 1. The molecule has 2 aromatic rings. The Morgan fingerprint density at radius 2 is 1.79 bits per heavy atom. The number of benzene rings is 1. The van der Waals surface area contributed by atoms with Crippen molar-refractivity contribution in [2.24, 2.45) is 0 Å². The molecule has 0 spiro atoms. The molecule has 1 aromatic carbocycles. The van der Waals surface area contributed by atoms with Crippen LogP contribution in [0.5, 0.6) is 0 Å². The zero-order valence-electron chi connectivity index (χ0n) is 9.91. The third-order valence-corrected chi connectivity index (χ3v) is 2.53. The minimum absolute atomic E-state index is 0.399. The van der Waals surface area contributed by atoms with Crippen molar-refractivity contribution in [2.75, 3.05) is 11.1 Å². The number of anilines is 2. The number of nitrogens with one attached hydrogen (secondary N) is 1. The lowest BCUT2D eigenvalue weighted by molar-refractivity contribution is -0.137. The maximum absolute atomic E-state index is 12.4. The number of nitrogens with zero attached hydrogens (tertiary/aromatic N) is 1. The number of pyridine rings is 1. The Hall–Kier alpha value is -2.24. The lowest BCUT2D eigenvalue weighted by atomic mass is 10.2. The van der Waals surface area contributed by atoms with Crippen LogP contribution in [0.3, 0.4) is 0 Å². The second-order valence-electron chi connectivity index (χ2n) is 4.01. The van der Waals surface area contributed by atoms with Crippen LogP contribution in [0.1, 0.15) is 11.3 Å². The summed E-state index contributed by atoms with van der Waals surface area (Å²) in [5, 5.41) is 2.98. The molecule has 0 saturated carbocycles. The van der Waals surface area contributed by atoms with Gasteiger partial charge in [0, 0.05) is 17.6 Å².